The third-order valence-corrected chi connectivity index (χ3v) is 4.52. The van der Waals surface area contributed by atoms with Gasteiger partial charge in [-0.1, -0.05) is 59.3 Å². The van der Waals surface area contributed by atoms with Crippen LogP contribution in [0, 0.1) is 17.8 Å². The Balaban J connectivity index is 2.23. The normalized spacial score (nSPS) is 31.2. The zero-order chi connectivity index (χ0) is 11.3. The summed E-state index contributed by atoms with van der Waals surface area (Å²) in [5, 5.41) is 0. The Morgan fingerprint density at radius 2 is 1.60 bits per heavy atom. The Kier molecular flexibility index (Phi) is 5.66. The highest BCUT2D eigenvalue weighted by Gasteiger charge is 2.23. The first-order valence-electron chi connectivity index (χ1n) is 6.92. The Morgan fingerprint density at radius 3 is 2.07 bits per heavy atom. The molecule has 90 valence electrons. The van der Waals surface area contributed by atoms with Crippen LogP contribution in [0.4, 0.5) is 0 Å². The smallest absolute Gasteiger partial charge is 0.00670 e. The second-order valence-corrected chi connectivity index (χ2v) is 5.58. The van der Waals surface area contributed by atoms with Crippen molar-refractivity contribution >= 4 is 0 Å². The molecule has 1 aliphatic rings. The standard InChI is InChI=1S/C14H29N/c1-4-11(3)14(15)10-13-8-6-12(5-2)7-9-13/h11-14H,4-10,15H2,1-3H3. The summed E-state index contributed by atoms with van der Waals surface area (Å²) < 4.78 is 0. The van der Waals surface area contributed by atoms with Crippen molar-refractivity contribution in [3.8, 4) is 0 Å². The van der Waals surface area contributed by atoms with Gasteiger partial charge in [-0.15, -0.1) is 0 Å². The van der Waals surface area contributed by atoms with Gasteiger partial charge in [0.05, 0.1) is 0 Å². The third kappa shape index (κ3) is 4.14. The van der Waals surface area contributed by atoms with E-state index in [0.29, 0.717) is 12.0 Å². The molecule has 1 nitrogen and oxygen atoms in total. The molecule has 1 saturated carbocycles. The van der Waals surface area contributed by atoms with E-state index in [1.54, 1.807) is 0 Å². The van der Waals surface area contributed by atoms with Gasteiger partial charge in [0.15, 0.2) is 0 Å². The van der Waals surface area contributed by atoms with E-state index in [-0.39, 0.29) is 0 Å². The zero-order valence-electron chi connectivity index (χ0n) is 10.8. The Labute approximate surface area is 95.8 Å². The fourth-order valence-corrected chi connectivity index (χ4v) is 2.80. The first-order chi connectivity index (χ1) is 7.17. The monoisotopic (exact) mass is 211 g/mol. The number of hydrogen-bond acceptors (Lipinski definition) is 1. The van der Waals surface area contributed by atoms with Crippen molar-refractivity contribution in [1.82, 2.24) is 0 Å². The summed E-state index contributed by atoms with van der Waals surface area (Å²) in [5.74, 6) is 2.65. The summed E-state index contributed by atoms with van der Waals surface area (Å²) in [7, 11) is 0. The van der Waals surface area contributed by atoms with E-state index in [0.717, 1.165) is 11.8 Å². The molecule has 0 heterocycles. The van der Waals surface area contributed by atoms with Crippen LogP contribution < -0.4 is 5.73 Å². The van der Waals surface area contributed by atoms with E-state index in [1.165, 1.54) is 44.9 Å². The van der Waals surface area contributed by atoms with Crippen LogP contribution in [0.15, 0.2) is 0 Å². The van der Waals surface area contributed by atoms with Crippen LogP contribution in [0.5, 0.6) is 0 Å². The molecule has 0 bridgehead atoms. The van der Waals surface area contributed by atoms with E-state index in [2.05, 4.69) is 20.8 Å². The minimum absolute atomic E-state index is 0.443. The molecule has 2 atom stereocenters. The average Bonchev–Trinajstić information content (AvgIpc) is 2.29. The largest absolute Gasteiger partial charge is 0.327 e. The summed E-state index contributed by atoms with van der Waals surface area (Å²) in [4.78, 5) is 0. The van der Waals surface area contributed by atoms with Crippen molar-refractivity contribution in [2.24, 2.45) is 23.5 Å². The van der Waals surface area contributed by atoms with E-state index >= 15 is 0 Å². The lowest BCUT2D eigenvalue weighted by Crippen LogP contribution is -2.31. The first-order valence-corrected chi connectivity index (χ1v) is 6.92. The lowest BCUT2D eigenvalue weighted by Gasteiger charge is -2.31. The molecule has 1 aliphatic carbocycles. The highest BCUT2D eigenvalue weighted by atomic mass is 14.6. The molecular formula is C14H29N. The van der Waals surface area contributed by atoms with Crippen molar-refractivity contribution in [2.45, 2.75) is 71.8 Å². The van der Waals surface area contributed by atoms with Gasteiger partial charge in [-0.2, -0.15) is 0 Å². The highest BCUT2D eigenvalue weighted by molar-refractivity contribution is 4.77. The minimum Gasteiger partial charge on any atom is -0.327 e. The molecule has 0 spiro atoms. The topological polar surface area (TPSA) is 26.0 Å². The fourth-order valence-electron chi connectivity index (χ4n) is 2.80. The minimum atomic E-state index is 0.443. The summed E-state index contributed by atoms with van der Waals surface area (Å²) in [6, 6.07) is 0.443. The lowest BCUT2D eigenvalue weighted by molar-refractivity contribution is 0.232. The second kappa shape index (κ2) is 6.52. The maximum atomic E-state index is 6.23. The lowest BCUT2D eigenvalue weighted by atomic mass is 9.77. The Morgan fingerprint density at radius 1 is 1.07 bits per heavy atom. The van der Waals surface area contributed by atoms with Gasteiger partial charge in [0.2, 0.25) is 0 Å². The predicted octanol–water partition coefficient (Wildman–Crippen LogP) is 3.97. The Hall–Kier alpha value is -0.0400. The molecular weight excluding hydrogens is 182 g/mol. The molecule has 2 unspecified atom stereocenters. The number of hydrogen-bond donors (Lipinski definition) is 1. The van der Waals surface area contributed by atoms with Gasteiger partial charge in [0.1, 0.15) is 0 Å². The maximum Gasteiger partial charge on any atom is 0.00670 e. The quantitative estimate of drug-likeness (QED) is 0.731. The van der Waals surface area contributed by atoms with E-state index in [1.807, 2.05) is 0 Å². The number of nitrogens with two attached hydrogens (primary N) is 1. The fraction of sp³-hybridized carbons (Fsp3) is 1.00. The first kappa shape index (κ1) is 13.0. The van der Waals surface area contributed by atoms with Crippen molar-refractivity contribution in [2.75, 3.05) is 0 Å². The van der Waals surface area contributed by atoms with Crippen LogP contribution >= 0.6 is 0 Å². The molecule has 0 saturated heterocycles. The van der Waals surface area contributed by atoms with E-state index < -0.39 is 0 Å². The van der Waals surface area contributed by atoms with Gasteiger partial charge < -0.3 is 5.73 Å². The molecule has 1 rings (SSSR count). The molecule has 0 aliphatic heterocycles. The molecule has 0 aromatic heterocycles. The highest BCUT2D eigenvalue weighted by Crippen LogP contribution is 2.33. The van der Waals surface area contributed by atoms with Crippen molar-refractivity contribution < 1.29 is 0 Å². The molecule has 1 heteroatoms. The number of rotatable bonds is 5. The van der Waals surface area contributed by atoms with Crippen molar-refractivity contribution in [1.29, 1.82) is 0 Å². The Bertz CT molecular complexity index is 159. The summed E-state index contributed by atoms with van der Waals surface area (Å²) in [6.07, 6.45) is 9.65. The van der Waals surface area contributed by atoms with Crippen molar-refractivity contribution in [3.05, 3.63) is 0 Å². The van der Waals surface area contributed by atoms with Gasteiger partial charge in [0.25, 0.3) is 0 Å². The zero-order valence-corrected chi connectivity index (χ0v) is 10.8. The predicted molar refractivity (Wildman–Crippen MR) is 67.8 cm³/mol. The van der Waals surface area contributed by atoms with Crippen LogP contribution in [0.25, 0.3) is 0 Å². The maximum absolute atomic E-state index is 6.23. The summed E-state index contributed by atoms with van der Waals surface area (Å²) in [5.41, 5.74) is 6.23. The van der Waals surface area contributed by atoms with Gasteiger partial charge in [0, 0.05) is 6.04 Å². The molecule has 0 aromatic carbocycles. The van der Waals surface area contributed by atoms with Gasteiger partial charge in [-0.05, 0) is 24.2 Å². The van der Waals surface area contributed by atoms with Crippen LogP contribution in [-0.4, -0.2) is 6.04 Å². The van der Waals surface area contributed by atoms with E-state index in [9.17, 15) is 0 Å². The molecule has 0 amide bonds. The van der Waals surface area contributed by atoms with Crippen LogP contribution in [0.3, 0.4) is 0 Å². The van der Waals surface area contributed by atoms with Crippen molar-refractivity contribution in [3.63, 3.8) is 0 Å². The second-order valence-electron chi connectivity index (χ2n) is 5.58. The third-order valence-electron chi connectivity index (χ3n) is 4.52. The molecule has 1 fully saturated rings. The molecule has 15 heavy (non-hydrogen) atoms. The molecule has 0 radical (unpaired) electrons. The van der Waals surface area contributed by atoms with Gasteiger partial charge >= 0.3 is 0 Å². The SMILES string of the molecule is CCC1CCC(CC(N)C(C)CC)CC1. The summed E-state index contributed by atoms with van der Waals surface area (Å²) >= 11 is 0. The summed E-state index contributed by atoms with van der Waals surface area (Å²) in [6.45, 7) is 6.87. The van der Waals surface area contributed by atoms with Gasteiger partial charge in [-0.25, -0.2) is 0 Å². The van der Waals surface area contributed by atoms with Crippen LogP contribution in [-0.2, 0) is 0 Å². The van der Waals surface area contributed by atoms with Crippen LogP contribution in [0.1, 0.15) is 65.7 Å². The average molecular weight is 211 g/mol. The van der Waals surface area contributed by atoms with E-state index in [4.69, 9.17) is 5.73 Å². The van der Waals surface area contributed by atoms with Gasteiger partial charge in [-0.3, -0.25) is 0 Å². The molecule has 2 N–H and O–H groups in total. The van der Waals surface area contributed by atoms with Crippen LogP contribution in [0.2, 0.25) is 0 Å². The molecule has 0 aromatic rings.